The molecule has 0 spiro atoms. The van der Waals surface area contributed by atoms with Crippen molar-refractivity contribution in [3.63, 3.8) is 0 Å². The predicted octanol–water partition coefficient (Wildman–Crippen LogP) is 1.36. The molecule has 4 nitrogen and oxygen atoms in total. The second-order valence-electron chi connectivity index (χ2n) is 4.10. The smallest absolute Gasteiger partial charge is 0.228 e. The van der Waals surface area contributed by atoms with Crippen LogP contribution >= 0.6 is 11.6 Å². The Morgan fingerprint density at radius 1 is 1.69 bits per heavy atom. The van der Waals surface area contributed by atoms with Gasteiger partial charge in [-0.3, -0.25) is 9.69 Å². The molecule has 0 bridgehead atoms. The number of carbonyl (C=O) groups excluding carboxylic acids is 1. The molecule has 1 aliphatic rings. The third-order valence-electron chi connectivity index (χ3n) is 2.81. The van der Waals surface area contributed by atoms with Crippen LogP contribution in [0.4, 0.5) is 5.82 Å². The summed E-state index contributed by atoms with van der Waals surface area (Å²) < 4.78 is 0. The van der Waals surface area contributed by atoms with Crippen LogP contribution in [0, 0.1) is 12.8 Å². The highest BCUT2D eigenvalue weighted by atomic mass is 35.5. The molecule has 1 saturated heterocycles. The SMILES string of the molecule is Cc1cc(Cl)cnc1N1CC(CN)CC1=O. The lowest BCUT2D eigenvalue weighted by Gasteiger charge is -2.17. The van der Waals surface area contributed by atoms with Crippen LogP contribution in [0.2, 0.25) is 5.02 Å². The van der Waals surface area contributed by atoms with Crippen LogP contribution in [0.5, 0.6) is 0 Å². The zero-order valence-corrected chi connectivity index (χ0v) is 9.87. The number of nitrogens with zero attached hydrogens (tertiary/aromatic N) is 2. The lowest BCUT2D eigenvalue weighted by molar-refractivity contribution is -0.117. The Morgan fingerprint density at radius 2 is 2.44 bits per heavy atom. The molecular formula is C11H14ClN3O. The Labute approximate surface area is 99.4 Å². The Kier molecular flexibility index (Phi) is 3.12. The van der Waals surface area contributed by atoms with Gasteiger partial charge in [0.05, 0.1) is 5.02 Å². The molecule has 2 rings (SSSR count). The maximum atomic E-state index is 11.8. The van der Waals surface area contributed by atoms with E-state index in [4.69, 9.17) is 17.3 Å². The van der Waals surface area contributed by atoms with Crippen LogP contribution in [0.25, 0.3) is 0 Å². The monoisotopic (exact) mass is 239 g/mol. The lowest BCUT2D eigenvalue weighted by Crippen LogP contribution is -2.27. The van der Waals surface area contributed by atoms with E-state index in [1.807, 2.05) is 13.0 Å². The van der Waals surface area contributed by atoms with E-state index in [2.05, 4.69) is 4.98 Å². The first-order valence-electron chi connectivity index (χ1n) is 5.24. The molecule has 1 atom stereocenters. The number of rotatable bonds is 2. The molecule has 16 heavy (non-hydrogen) atoms. The maximum Gasteiger partial charge on any atom is 0.228 e. The van der Waals surface area contributed by atoms with E-state index in [0.29, 0.717) is 30.4 Å². The van der Waals surface area contributed by atoms with Crippen LogP contribution < -0.4 is 10.6 Å². The number of amides is 1. The number of pyridine rings is 1. The van der Waals surface area contributed by atoms with Crippen molar-refractivity contribution in [2.24, 2.45) is 11.7 Å². The Hall–Kier alpha value is -1.13. The van der Waals surface area contributed by atoms with Crippen LogP contribution in [-0.4, -0.2) is 24.0 Å². The molecule has 2 N–H and O–H groups in total. The minimum absolute atomic E-state index is 0.0911. The molecule has 1 aliphatic heterocycles. The Balaban J connectivity index is 2.28. The summed E-state index contributed by atoms with van der Waals surface area (Å²) in [5, 5.41) is 0.586. The molecule has 1 unspecified atom stereocenters. The van der Waals surface area contributed by atoms with Gasteiger partial charge in [0.15, 0.2) is 0 Å². The first-order chi connectivity index (χ1) is 7.61. The van der Waals surface area contributed by atoms with Crippen LogP contribution in [0.15, 0.2) is 12.3 Å². The summed E-state index contributed by atoms with van der Waals surface area (Å²) in [5.41, 5.74) is 6.49. The molecule has 1 aromatic heterocycles. The number of hydrogen-bond acceptors (Lipinski definition) is 3. The van der Waals surface area contributed by atoms with Gasteiger partial charge in [-0.1, -0.05) is 11.6 Å². The standard InChI is InChI=1S/C11H14ClN3O/c1-7-2-9(12)5-14-11(7)15-6-8(4-13)3-10(15)16/h2,5,8H,3-4,6,13H2,1H3. The van der Waals surface area contributed by atoms with Gasteiger partial charge in [0.25, 0.3) is 0 Å². The summed E-state index contributed by atoms with van der Waals surface area (Å²) in [6, 6.07) is 1.81. The number of carbonyl (C=O) groups is 1. The molecule has 0 aromatic carbocycles. The van der Waals surface area contributed by atoms with Crippen LogP contribution in [0.1, 0.15) is 12.0 Å². The van der Waals surface area contributed by atoms with Gasteiger partial charge in [-0.15, -0.1) is 0 Å². The van der Waals surface area contributed by atoms with E-state index >= 15 is 0 Å². The zero-order valence-electron chi connectivity index (χ0n) is 9.11. The molecule has 0 saturated carbocycles. The van der Waals surface area contributed by atoms with Crippen molar-refractivity contribution in [3.8, 4) is 0 Å². The minimum Gasteiger partial charge on any atom is -0.330 e. The highest BCUT2D eigenvalue weighted by molar-refractivity contribution is 6.30. The van der Waals surface area contributed by atoms with Crippen molar-refractivity contribution in [2.75, 3.05) is 18.0 Å². The summed E-state index contributed by atoms with van der Waals surface area (Å²) in [6.45, 7) is 3.09. The van der Waals surface area contributed by atoms with Gasteiger partial charge in [0.1, 0.15) is 5.82 Å². The van der Waals surface area contributed by atoms with Gasteiger partial charge in [-0.25, -0.2) is 4.98 Å². The van der Waals surface area contributed by atoms with Crippen molar-refractivity contribution in [1.29, 1.82) is 0 Å². The van der Waals surface area contributed by atoms with E-state index in [-0.39, 0.29) is 11.8 Å². The van der Waals surface area contributed by atoms with Gasteiger partial charge in [0, 0.05) is 19.2 Å². The van der Waals surface area contributed by atoms with Crippen LogP contribution in [-0.2, 0) is 4.79 Å². The van der Waals surface area contributed by atoms with Crippen LogP contribution in [0.3, 0.4) is 0 Å². The summed E-state index contributed by atoms with van der Waals surface area (Å²) in [6.07, 6.45) is 2.08. The molecule has 1 fully saturated rings. The number of aryl methyl sites for hydroxylation is 1. The van der Waals surface area contributed by atoms with Gasteiger partial charge < -0.3 is 5.73 Å². The average molecular weight is 240 g/mol. The van der Waals surface area contributed by atoms with Gasteiger partial charge >= 0.3 is 0 Å². The second-order valence-corrected chi connectivity index (χ2v) is 4.54. The average Bonchev–Trinajstić information content (AvgIpc) is 2.60. The molecule has 5 heteroatoms. The molecular weight excluding hydrogens is 226 g/mol. The fourth-order valence-electron chi connectivity index (χ4n) is 1.96. The first-order valence-corrected chi connectivity index (χ1v) is 5.62. The van der Waals surface area contributed by atoms with E-state index in [1.165, 1.54) is 0 Å². The van der Waals surface area contributed by atoms with Crippen molar-refractivity contribution in [3.05, 3.63) is 22.8 Å². The van der Waals surface area contributed by atoms with Gasteiger partial charge in [0.2, 0.25) is 5.91 Å². The third kappa shape index (κ3) is 2.03. The minimum atomic E-state index is 0.0911. The zero-order chi connectivity index (χ0) is 11.7. The number of nitrogens with two attached hydrogens (primary N) is 1. The molecule has 1 amide bonds. The quantitative estimate of drug-likeness (QED) is 0.848. The number of hydrogen-bond donors (Lipinski definition) is 1. The fraction of sp³-hybridized carbons (Fsp3) is 0.455. The van der Waals surface area contributed by atoms with E-state index in [0.717, 1.165) is 5.56 Å². The highest BCUT2D eigenvalue weighted by Crippen LogP contribution is 2.26. The van der Waals surface area contributed by atoms with Crippen molar-refractivity contribution in [2.45, 2.75) is 13.3 Å². The topological polar surface area (TPSA) is 59.2 Å². The Bertz CT molecular complexity index is 422. The first kappa shape index (κ1) is 11.4. The number of aromatic nitrogens is 1. The molecule has 1 aromatic rings. The highest BCUT2D eigenvalue weighted by Gasteiger charge is 2.31. The normalized spacial score (nSPS) is 20.6. The molecule has 0 radical (unpaired) electrons. The van der Waals surface area contributed by atoms with E-state index in [9.17, 15) is 4.79 Å². The van der Waals surface area contributed by atoms with E-state index < -0.39 is 0 Å². The number of anilines is 1. The molecule has 86 valence electrons. The van der Waals surface area contributed by atoms with Crippen molar-refractivity contribution in [1.82, 2.24) is 4.98 Å². The summed E-state index contributed by atoms with van der Waals surface area (Å²) in [5.74, 6) is 1.03. The summed E-state index contributed by atoms with van der Waals surface area (Å²) >= 11 is 5.83. The van der Waals surface area contributed by atoms with Gasteiger partial charge in [-0.2, -0.15) is 0 Å². The van der Waals surface area contributed by atoms with E-state index in [1.54, 1.807) is 11.1 Å². The summed E-state index contributed by atoms with van der Waals surface area (Å²) in [7, 11) is 0. The Morgan fingerprint density at radius 3 is 3.00 bits per heavy atom. The second kappa shape index (κ2) is 4.39. The maximum absolute atomic E-state index is 11.8. The molecule has 0 aliphatic carbocycles. The van der Waals surface area contributed by atoms with Crippen molar-refractivity contribution >= 4 is 23.3 Å². The largest absolute Gasteiger partial charge is 0.330 e. The fourth-order valence-corrected chi connectivity index (χ4v) is 2.17. The molecule has 2 heterocycles. The van der Waals surface area contributed by atoms with Gasteiger partial charge in [-0.05, 0) is 31.0 Å². The van der Waals surface area contributed by atoms with Crippen molar-refractivity contribution < 1.29 is 4.79 Å². The summed E-state index contributed by atoms with van der Waals surface area (Å²) in [4.78, 5) is 17.7. The lowest BCUT2D eigenvalue weighted by atomic mass is 10.1. The predicted molar refractivity (Wildman–Crippen MR) is 63.5 cm³/mol. The number of halogens is 1. The third-order valence-corrected chi connectivity index (χ3v) is 3.02.